The largest absolute Gasteiger partial charge is 0.469 e. The average Bonchev–Trinajstić information content (AvgIpc) is 3.79. The number of nitrogens with zero attached hydrogens (tertiary/aromatic N) is 2. The Labute approximate surface area is 273 Å². The fraction of sp³-hybridized carbons (Fsp3) is 0.486. The first-order valence-corrected chi connectivity index (χ1v) is 16.1. The maximum absolute atomic E-state index is 14.0. The van der Waals surface area contributed by atoms with E-state index in [2.05, 4.69) is 22.0 Å². The number of carbonyl (C=O) groups is 2. The highest BCUT2D eigenvalue weighted by molar-refractivity contribution is 5.94. The Bertz CT molecular complexity index is 1750. The summed E-state index contributed by atoms with van der Waals surface area (Å²) in [5, 5.41) is 20.1. The number of anilines is 1. The number of aliphatic hydroxyl groups excluding tert-OH is 1. The number of aliphatic hydroxyl groups is 1. The van der Waals surface area contributed by atoms with E-state index in [1.807, 2.05) is 57.2 Å². The molecule has 0 saturated heterocycles. The van der Waals surface area contributed by atoms with Gasteiger partial charge in [-0.05, 0) is 42.0 Å². The highest BCUT2D eigenvalue weighted by atomic mass is 16.5. The van der Waals surface area contributed by atoms with Crippen molar-refractivity contribution in [2.75, 3.05) is 12.4 Å². The van der Waals surface area contributed by atoms with Crippen LogP contribution in [-0.2, 0) is 37.5 Å². The number of hydrogen-bond donors (Lipinski definition) is 4. The van der Waals surface area contributed by atoms with Crippen molar-refractivity contribution in [3.63, 3.8) is 0 Å². The lowest BCUT2D eigenvalue weighted by molar-refractivity contribution is -0.135. The smallest absolute Gasteiger partial charge is 0.249 e. The highest BCUT2D eigenvalue weighted by Crippen LogP contribution is 2.64. The number of methoxy groups -OCH3 is 1. The number of amides is 2. The molecule has 12 heteroatoms. The Kier molecular flexibility index (Phi) is 7.55. The van der Waals surface area contributed by atoms with Crippen LogP contribution < -0.4 is 20.7 Å². The fourth-order valence-electron chi connectivity index (χ4n) is 7.50. The van der Waals surface area contributed by atoms with Gasteiger partial charge in [-0.25, -0.2) is 9.98 Å². The Hall–Kier alpha value is -4.42. The zero-order valence-electron chi connectivity index (χ0n) is 27.4. The summed E-state index contributed by atoms with van der Waals surface area (Å²) in [7, 11) is 1.60. The molecule has 4 bridgehead atoms. The van der Waals surface area contributed by atoms with Gasteiger partial charge in [0.1, 0.15) is 41.3 Å². The predicted molar refractivity (Wildman–Crippen MR) is 172 cm³/mol. The minimum absolute atomic E-state index is 0.148. The summed E-state index contributed by atoms with van der Waals surface area (Å²) in [5.74, 6) is -0.155. The van der Waals surface area contributed by atoms with Crippen molar-refractivity contribution in [1.82, 2.24) is 15.6 Å². The van der Waals surface area contributed by atoms with Crippen molar-refractivity contribution in [2.45, 2.75) is 89.1 Å². The molecule has 4 N–H and O–H groups in total. The second-order valence-electron chi connectivity index (χ2n) is 13.7. The number of oxazole rings is 1. The standard InChI is InChI=1S/C35H41N5O7/c1-17(2)26-31-40-28(32-36-20(15-44-6)16-45-32)34(5,47-31)35-21-9-7-8-10-23(21)38-33(35)46-25-12-11-19(13-22(25)35)14-24(29(42)39-26)37-30(43)27(41)18(3)4/h7-13,16-18,24,26-28,33,38,41H,14-15H2,1-6H3,(H,37,43)(H,39,42)/t24?,26?,27-,28?,33?,34?,35?/m0/s1. The Morgan fingerprint density at radius 2 is 1.94 bits per heavy atom. The van der Waals surface area contributed by atoms with Gasteiger partial charge in [0.25, 0.3) is 0 Å². The molecule has 2 aromatic carbocycles. The molecule has 12 nitrogen and oxygen atoms in total. The van der Waals surface area contributed by atoms with Crippen LogP contribution in [0.25, 0.3) is 0 Å². The lowest BCUT2D eigenvalue weighted by Crippen LogP contribution is -2.60. The third kappa shape index (κ3) is 4.71. The molecule has 47 heavy (non-hydrogen) atoms. The number of ether oxygens (including phenoxy) is 3. The molecule has 2 amide bonds. The number of para-hydroxylation sites is 1. The van der Waals surface area contributed by atoms with E-state index in [9.17, 15) is 14.7 Å². The third-order valence-corrected chi connectivity index (χ3v) is 9.92. The predicted octanol–water partition coefficient (Wildman–Crippen LogP) is 3.38. The third-order valence-electron chi connectivity index (χ3n) is 9.92. The number of rotatable bonds is 7. The zero-order valence-corrected chi connectivity index (χ0v) is 27.4. The molecule has 7 atom stereocenters. The van der Waals surface area contributed by atoms with Gasteiger partial charge in [0.2, 0.25) is 23.6 Å². The SMILES string of the molecule is COCc1coc(C2N=C3OC2(C)C24c5ccccc5NC2Oc2ccc(cc24)CC(NC(=O)[C@@H](O)C(C)C)C(=O)NC3C(C)C)n1. The number of nitrogens with one attached hydrogen (secondary N) is 3. The molecule has 0 aliphatic carbocycles. The van der Waals surface area contributed by atoms with Gasteiger partial charge >= 0.3 is 0 Å². The van der Waals surface area contributed by atoms with Crippen molar-refractivity contribution < 1.29 is 33.3 Å². The zero-order chi connectivity index (χ0) is 33.2. The molecule has 4 aliphatic heterocycles. The van der Waals surface area contributed by atoms with Crippen LogP contribution in [-0.4, -0.2) is 64.9 Å². The summed E-state index contributed by atoms with van der Waals surface area (Å²) in [4.78, 5) is 37.1. The van der Waals surface area contributed by atoms with Crippen molar-refractivity contribution in [3.8, 4) is 5.75 Å². The minimum Gasteiger partial charge on any atom is -0.469 e. The molecular formula is C35H41N5O7. The van der Waals surface area contributed by atoms with Crippen LogP contribution in [0.4, 0.5) is 5.69 Å². The van der Waals surface area contributed by atoms with Crippen molar-refractivity contribution in [3.05, 3.63) is 77.0 Å². The van der Waals surface area contributed by atoms with Gasteiger partial charge in [0, 0.05) is 24.8 Å². The average molecular weight is 644 g/mol. The number of fused-ring (bicyclic) bond motifs is 4. The van der Waals surface area contributed by atoms with E-state index < -0.39 is 53.3 Å². The van der Waals surface area contributed by atoms with Crippen molar-refractivity contribution >= 4 is 23.4 Å². The highest BCUT2D eigenvalue weighted by Gasteiger charge is 2.72. The van der Waals surface area contributed by atoms with Gasteiger partial charge in [-0.15, -0.1) is 0 Å². The topological polar surface area (TPSA) is 157 Å². The summed E-state index contributed by atoms with van der Waals surface area (Å²) < 4.78 is 25.2. The summed E-state index contributed by atoms with van der Waals surface area (Å²) in [5.41, 5.74) is 2.06. The quantitative estimate of drug-likeness (QED) is 0.303. The van der Waals surface area contributed by atoms with Crippen LogP contribution in [0, 0.1) is 11.8 Å². The van der Waals surface area contributed by atoms with Gasteiger partial charge < -0.3 is 39.7 Å². The van der Waals surface area contributed by atoms with E-state index in [1.54, 1.807) is 27.2 Å². The van der Waals surface area contributed by atoms with Crippen LogP contribution in [0.15, 0.2) is 58.1 Å². The first kappa shape index (κ1) is 31.2. The molecule has 248 valence electrons. The molecule has 0 radical (unpaired) electrons. The van der Waals surface area contributed by atoms with Crippen LogP contribution in [0.3, 0.4) is 0 Å². The van der Waals surface area contributed by atoms with Crippen molar-refractivity contribution in [2.24, 2.45) is 16.8 Å². The molecule has 7 rings (SSSR count). The van der Waals surface area contributed by atoms with E-state index in [0.29, 0.717) is 23.2 Å². The van der Waals surface area contributed by atoms with Crippen LogP contribution >= 0.6 is 0 Å². The van der Waals surface area contributed by atoms with E-state index in [1.165, 1.54) is 0 Å². The second kappa shape index (κ2) is 11.4. The second-order valence-corrected chi connectivity index (χ2v) is 13.7. The fourth-order valence-corrected chi connectivity index (χ4v) is 7.50. The Morgan fingerprint density at radius 1 is 1.15 bits per heavy atom. The Morgan fingerprint density at radius 3 is 2.68 bits per heavy atom. The van der Waals surface area contributed by atoms with Gasteiger partial charge in [-0.1, -0.05) is 58.0 Å². The number of hydrogen-bond acceptors (Lipinski definition) is 10. The lowest BCUT2D eigenvalue weighted by atomic mass is 9.61. The number of carbonyl (C=O) groups excluding carboxylic acids is 2. The van der Waals surface area contributed by atoms with Gasteiger partial charge in [-0.2, -0.15) is 0 Å². The summed E-state index contributed by atoms with van der Waals surface area (Å²) in [6.07, 6.45) is -0.0813. The summed E-state index contributed by atoms with van der Waals surface area (Å²) in [6, 6.07) is 11.5. The number of aromatic nitrogens is 1. The maximum atomic E-state index is 14.0. The van der Waals surface area contributed by atoms with Gasteiger partial charge in [0.05, 0.1) is 6.61 Å². The molecule has 5 heterocycles. The van der Waals surface area contributed by atoms with Crippen molar-refractivity contribution in [1.29, 1.82) is 0 Å². The molecule has 0 fully saturated rings. The maximum Gasteiger partial charge on any atom is 0.249 e. The van der Waals surface area contributed by atoms with Gasteiger partial charge in [0.15, 0.2) is 17.9 Å². The number of aliphatic imine (C=N–C) groups is 1. The lowest BCUT2D eigenvalue weighted by Gasteiger charge is -2.45. The van der Waals surface area contributed by atoms with Crippen LogP contribution in [0.1, 0.15) is 68.9 Å². The first-order valence-electron chi connectivity index (χ1n) is 16.1. The van der Waals surface area contributed by atoms with E-state index in [-0.39, 0.29) is 24.9 Å². The molecule has 3 aromatic rings. The summed E-state index contributed by atoms with van der Waals surface area (Å²) in [6.45, 7) is 9.72. The molecule has 6 unspecified atom stereocenters. The molecule has 1 aromatic heterocycles. The van der Waals surface area contributed by atoms with Crippen LogP contribution in [0.5, 0.6) is 5.75 Å². The minimum atomic E-state index is -1.27. The number of benzene rings is 2. The molecular weight excluding hydrogens is 602 g/mol. The monoisotopic (exact) mass is 643 g/mol. The molecule has 4 aliphatic rings. The Balaban J connectivity index is 1.45. The molecule has 0 saturated carbocycles. The van der Waals surface area contributed by atoms with Crippen LogP contribution in [0.2, 0.25) is 0 Å². The summed E-state index contributed by atoms with van der Waals surface area (Å²) >= 11 is 0. The molecule has 1 spiro atoms. The normalized spacial score (nSPS) is 29.4. The van der Waals surface area contributed by atoms with E-state index >= 15 is 0 Å². The van der Waals surface area contributed by atoms with E-state index in [4.69, 9.17) is 28.6 Å². The first-order chi connectivity index (χ1) is 22.5. The van der Waals surface area contributed by atoms with Gasteiger partial charge in [-0.3, -0.25) is 9.59 Å². The van der Waals surface area contributed by atoms with E-state index in [0.717, 1.165) is 22.4 Å².